The Hall–Kier alpha value is 0.140. The molecule has 1 heterocycles. The van der Waals surface area contributed by atoms with Crippen molar-refractivity contribution in [3.8, 4) is 0 Å². The highest BCUT2D eigenvalue weighted by atomic mass is 31.2. The van der Waals surface area contributed by atoms with Crippen LogP contribution in [0.15, 0.2) is 0 Å². The van der Waals surface area contributed by atoms with Gasteiger partial charge in [0.2, 0.25) is 0 Å². The summed E-state index contributed by atoms with van der Waals surface area (Å²) in [7, 11) is -3.83. The molecule has 0 bridgehead atoms. The summed E-state index contributed by atoms with van der Waals surface area (Å²) in [6, 6.07) is 0. The van der Waals surface area contributed by atoms with Gasteiger partial charge in [-0.15, -0.1) is 0 Å². The number of hydrogen-bond donors (Lipinski definition) is 0. The third-order valence-corrected chi connectivity index (χ3v) is 7.39. The summed E-state index contributed by atoms with van der Waals surface area (Å²) in [5.41, 5.74) is 0. The molecule has 0 aromatic heterocycles. The molecule has 168 valence electrons. The molecule has 1 saturated heterocycles. The Kier molecular flexibility index (Phi) is 11.9. The fourth-order valence-electron chi connectivity index (χ4n) is 2.94. The molecule has 2 atom stereocenters. The Balaban J connectivity index is 2.70. The van der Waals surface area contributed by atoms with E-state index in [2.05, 4.69) is 9.80 Å². The van der Waals surface area contributed by atoms with Crippen molar-refractivity contribution < 1.29 is 28.0 Å². The lowest BCUT2D eigenvalue weighted by Gasteiger charge is -2.36. The maximum atomic E-state index is 12.0. The smallest absolute Gasteiger partial charge is 0.148 e. The van der Waals surface area contributed by atoms with Crippen molar-refractivity contribution in [3.05, 3.63) is 0 Å². The van der Waals surface area contributed by atoms with Gasteiger partial charge in [0.25, 0.3) is 0 Å². The van der Waals surface area contributed by atoms with E-state index in [1.807, 2.05) is 23.9 Å². The van der Waals surface area contributed by atoms with Crippen LogP contribution in [-0.4, -0.2) is 112 Å². The molecule has 10 nitrogen and oxygen atoms in total. The average molecular weight is 442 g/mol. The lowest BCUT2D eigenvalue weighted by atomic mass is 10.4. The number of hydrogen-bond acceptors (Lipinski definition) is 10. The van der Waals surface area contributed by atoms with Crippen molar-refractivity contribution in [2.45, 2.75) is 13.8 Å². The second-order valence-corrected chi connectivity index (χ2v) is 10.7. The lowest BCUT2D eigenvalue weighted by Crippen LogP contribution is -2.45. The van der Waals surface area contributed by atoms with E-state index in [0.29, 0.717) is 52.4 Å². The van der Waals surface area contributed by atoms with E-state index in [1.165, 1.54) is 0 Å². The summed E-state index contributed by atoms with van der Waals surface area (Å²) in [6.45, 7) is 8.77. The van der Waals surface area contributed by atoms with Gasteiger partial charge in [0.1, 0.15) is 15.2 Å². The van der Waals surface area contributed by atoms with E-state index in [4.69, 9.17) is 9.05 Å². The van der Waals surface area contributed by atoms with Crippen LogP contribution in [0.4, 0.5) is 0 Å². The molecule has 0 N–H and O–H groups in total. The van der Waals surface area contributed by atoms with Gasteiger partial charge in [0.05, 0.1) is 25.8 Å². The van der Waals surface area contributed by atoms with Crippen molar-refractivity contribution >= 4 is 15.2 Å². The van der Waals surface area contributed by atoms with E-state index >= 15 is 0 Å². The molecule has 1 aliphatic heterocycles. The average Bonchev–Trinajstić information content (AvgIpc) is 2.58. The Labute approximate surface area is 169 Å². The van der Waals surface area contributed by atoms with Gasteiger partial charge in [-0.1, -0.05) is 0 Å². The van der Waals surface area contributed by atoms with Gasteiger partial charge >= 0.3 is 0 Å². The van der Waals surface area contributed by atoms with Gasteiger partial charge in [-0.05, 0) is 27.9 Å². The van der Waals surface area contributed by atoms with Crippen LogP contribution in [0.5, 0.6) is 0 Å². The predicted molar refractivity (Wildman–Crippen MR) is 106 cm³/mol. The van der Waals surface area contributed by atoms with Gasteiger partial charge in [0, 0.05) is 52.4 Å². The zero-order valence-corrected chi connectivity index (χ0v) is 19.4. The molecule has 1 fully saturated rings. The molecule has 12 heteroatoms. The van der Waals surface area contributed by atoms with E-state index in [9.17, 15) is 18.9 Å². The van der Waals surface area contributed by atoms with Crippen LogP contribution < -0.4 is 9.79 Å². The van der Waals surface area contributed by atoms with E-state index in [-0.39, 0.29) is 25.8 Å². The molecular formula is C16H36N4O6P2-2. The van der Waals surface area contributed by atoms with Crippen LogP contribution in [0.3, 0.4) is 0 Å². The maximum Gasteiger partial charge on any atom is 0.148 e. The van der Waals surface area contributed by atoms with Gasteiger partial charge < -0.3 is 37.8 Å². The molecule has 0 aromatic rings. The Morgan fingerprint density at radius 2 is 0.964 bits per heavy atom. The molecule has 2 unspecified atom stereocenters. The molecule has 0 spiro atoms. The molecule has 0 aliphatic carbocycles. The minimum absolute atomic E-state index is 0.0949. The third kappa shape index (κ3) is 11.4. The highest BCUT2D eigenvalue weighted by Gasteiger charge is 2.19. The summed E-state index contributed by atoms with van der Waals surface area (Å²) in [5.74, 6) is 0. The van der Waals surface area contributed by atoms with Gasteiger partial charge in [0.15, 0.2) is 0 Å². The number of nitrogens with zero attached hydrogens (tertiary/aromatic N) is 4. The SMILES string of the molecule is CCOP(=O)([O-])CN1CCN(C)CCN(CP(=O)([O-])OCC)CCN(C)CC1. The summed E-state index contributed by atoms with van der Waals surface area (Å²) < 4.78 is 33.8. The van der Waals surface area contributed by atoms with Crippen LogP contribution in [-0.2, 0) is 18.2 Å². The van der Waals surface area contributed by atoms with Gasteiger partial charge in [-0.2, -0.15) is 0 Å². The molecule has 1 aliphatic rings. The standard InChI is InChI=1S/C16H38N4O6P2/c1-5-25-27(21,22)15-19-11-7-17(3)9-13-20(14-10-18(4)8-12-19)16-28(23,24)26-6-2/h5-16H2,1-4H3,(H,21,22)(H,23,24)/p-2. The zero-order chi connectivity index (χ0) is 21.2. The highest BCUT2D eigenvalue weighted by Crippen LogP contribution is 2.38. The van der Waals surface area contributed by atoms with E-state index in [1.54, 1.807) is 13.8 Å². The van der Waals surface area contributed by atoms with Crippen LogP contribution in [0.25, 0.3) is 0 Å². The molecular weight excluding hydrogens is 406 g/mol. The third-order valence-electron chi connectivity index (χ3n) is 4.59. The first kappa shape index (κ1) is 26.2. The topological polar surface area (TPSA) is 112 Å². The predicted octanol–water partition coefficient (Wildman–Crippen LogP) is -0.438. The van der Waals surface area contributed by atoms with Crippen molar-refractivity contribution in [2.75, 3.05) is 92.2 Å². The molecule has 0 aromatic carbocycles. The van der Waals surface area contributed by atoms with E-state index in [0.717, 1.165) is 0 Å². The summed E-state index contributed by atoms with van der Waals surface area (Å²) in [4.78, 5) is 32.0. The summed E-state index contributed by atoms with van der Waals surface area (Å²) in [5, 5.41) is 0. The van der Waals surface area contributed by atoms with Crippen LogP contribution in [0.2, 0.25) is 0 Å². The first-order valence-electron chi connectivity index (χ1n) is 9.78. The molecule has 28 heavy (non-hydrogen) atoms. The van der Waals surface area contributed by atoms with Crippen molar-refractivity contribution in [1.82, 2.24) is 19.6 Å². The number of likely N-dealkylation sites (N-methyl/N-ethyl adjacent to an activating group) is 2. The normalized spacial score (nSPS) is 24.8. The lowest BCUT2D eigenvalue weighted by molar-refractivity contribution is -0.201. The van der Waals surface area contributed by atoms with Crippen LogP contribution in [0, 0.1) is 0 Å². The second-order valence-electron chi connectivity index (χ2n) is 7.18. The monoisotopic (exact) mass is 442 g/mol. The second kappa shape index (κ2) is 12.7. The van der Waals surface area contributed by atoms with Crippen molar-refractivity contribution in [1.29, 1.82) is 0 Å². The fraction of sp³-hybridized carbons (Fsp3) is 1.00. The Morgan fingerprint density at radius 3 is 1.21 bits per heavy atom. The minimum atomic E-state index is -3.87. The van der Waals surface area contributed by atoms with E-state index < -0.39 is 15.2 Å². The highest BCUT2D eigenvalue weighted by molar-refractivity contribution is 7.51. The van der Waals surface area contributed by atoms with Crippen molar-refractivity contribution in [2.24, 2.45) is 0 Å². The fourth-order valence-corrected chi connectivity index (χ4v) is 5.44. The zero-order valence-electron chi connectivity index (χ0n) is 17.6. The Bertz CT molecular complexity index is 479. The quantitative estimate of drug-likeness (QED) is 0.459. The number of rotatable bonds is 8. The largest absolute Gasteiger partial charge is 0.778 e. The molecule has 0 saturated carbocycles. The summed E-state index contributed by atoms with van der Waals surface area (Å²) >= 11 is 0. The molecule has 0 amide bonds. The van der Waals surface area contributed by atoms with Gasteiger partial charge in [-0.25, -0.2) is 0 Å². The van der Waals surface area contributed by atoms with Gasteiger partial charge in [-0.3, -0.25) is 9.80 Å². The van der Waals surface area contributed by atoms with Crippen LogP contribution in [0.1, 0.15) is 13.8 Å². The minimum Gasteiger partial charge on any atom is -0.778 e. The first-order chi connectivity index (χ1) is 13.1. The Morgan fingerprint density at radius 1 is 0.679 bits per heavy atom. The maximum absolute atomic E-state index is 12.0. The molecule has 0 radical (unpaired) electrons. The summed E-state index contributed by atoms with van der Waals surface area (Å²) in [6.07, 6.45) is -0.190. The van der Waals surface area contributed by atoms with Crippen LogP contribution >= 0.6 is 15.2 Å². The molecule has 1 rings (SSSR count). The first-order valence-corrected chi connectivity index (χ1v) is 13.2. The van der Waals surface area contributed by atoms with Crippen molar-refractivity contribution in [3.63, 3.8) is 0 Å².